The van der Waals surface area contributed by atoms with Gasteiger partial charge >= 0.3 is 0 Å². The Labute approximate surface area is 107 Å². The van der Waals surface area contributed by atoms with Crippen molar-refractivity contribution in [2.45, 2.75) is 32.4 Å². The van der Waals surface area contributed by atoms with Crippen molar-refractivity contribution in [3.63, 3.8) is 0 Å². The molecule has 2 aromatic rings. The minimum absolute atomic E-state index is 0.512. The molecular formula is C15H18N2O. The van der Waals surface area contributed by atoms with Crippen LogP contribution in [-0.2, 0) is 13.0 Å². The Morgan fingerprint density at radius 3 is 3.00 bits per heavy atom. The van der Waals surface area contributed by atoms with E-state index < -0.39 is 0 Å². The van der Waals surface area contributed by atoms with Crippen LogP contribution >= 0.6 is 0 Å². The highest BCUT2D eigenvalue weighted by Gasteiger charge is 2.25. The highest BCUT2D eigenvalue weighted by atomic mass is 16.5. The predicted octanol–water partition coefficient (Wildman–Crippen LogP) is 3.10. The molecule has 0 radical (unpaired) electrons. The van der Waals surface area contributed by atoms with E-state index in [1.165, 1.54) is 24.0 Å². The van der Waals surface area contributed by atoms with E-state index in [0.717, 1.165) is 18.0 Å². The summed E-state index contributed by atoms with van der Waals surface area (Å²) in [7, 11) is 2.16. The Morgan fingerprint density at radius 1 is 1.39 bits per heavy atom. The van der Waals surface area contributed by atoms with Crippen LogP contribution in [0.2, 0.25) is 0 Å². The molecule has 3 nitrogen and oxygen atoms in total. The van der Waals surface area contributed by atoms with Crippen LogP contribution in [-0.4, -0.2) is 17.1 Å². The van der Waals surface area contributed by atoms with Crippen LogP contribution in [0, 0.1) is 6.92 Å². The van der Waals surface area contributed by atoms with Gasteiger partial charge in [-0.1, -0.05) is 29.4 Å². The van der Waals surface area contributed by atoms with Gasteiger partial charge < -0.3 is 4.52 Å². The average molecular weight is 242 g/mol. The van der Waals surface area contributed by atoms with Crippen molar-refractivity contribution in [2.24, 2.45) is 0 Å². The Morgan fingerprint density at radius 2 is 2.22 bits per heavy atom. The van der Waals surface area contributed by atoms with Gasteiger partial charge in [-0.25, -0.2) is 0 Å². The third-order valence-electron chi connectivity index (χ3n) is 3.72. The topological polar surface area (TPSA) is 29.3 Å². The molecule has 0 spiro atoms. The van der Waals surface area contributed by atoms with Crippen molar-refractivity contribution in [2.75, 3.05) is 7.05 Å². The van der Waals surface area contributed by atoms with Crippen molar-refractivity contribution in [1.29, 1.82) is 0 Å². The van der Waals surface area contributed by atoms with Gasteiger partial charge in [0.15, 0.2) is 0 Å². The van der Waals surface area contributed by atoms with E-state index in [-0.39, 0.29) is 0 Å². The average Bonchev–Trinajstić information content (AvgIpc) is 2.95. The van der Waals surface area contributed by atoms with Gasteiger partial charge in [0.05, 0.1) is 5.69 Å². The van der Waals surface area contributed by atoms with Crippen LogP contribution < -0.4 is 0 Å². The van der Waals surface area contributed by atoms with Gasteiger partial charge in [-0.05, 0) is 37.9 Å². The van der Waals surface area contributed by atoms with Crippen molar-refractivity contribution < 1.29 is 4.52 Å². The lowest BCUT2D eigenvalue weighted by Crippen LogP contribution is -2.22. The van der Waals surface area contributed by atoms with E-state index in [0.29, 0.717) is 6.04 Å². The number of rotatable bonds is 3. The maximum atomic E-state index is 5.12. The lowest BCUT2D eigenvalue weighted by Gasteiger charge is -2.24. The van der Waals surface area contributed by atoms with E-state index in [4.69, 9.17) is 4.52 Å². The van der Waals surface area contributed by atoms with Gasteiger partial charge in [0.25, 0.3) is 0 Å². The largest absolute Gasteiger partial charge is 0.361 e. The number of hydrogen-bond acceptors (Lipinski definition) is 3. The maximum Gasteiger partial charge on any atom is 0.133 e. The number of aromatic nitrogens is 1. The third-order valence-corrected chi connectivity index (χ3v) is 3.72. The summed E-state index contributed by atoms with van der Waals surface area (Å²) in [4.78, 5) is 2.36. The molecule has 18 heavy (non-hydrogen) atoms. The predicted molar refractivity (Wildman–Crippen MR) is 70.2 cm³/mol. The molecule has 0 aliphatic heterocycles. The number of hydrogen-bond donors (Lipinski definition) is 0. The van der Waals surface area contributed by atoms with Gasteiger partial charge in [0.2, 0.25) is 0 Å². The first kappa shape index (κ1) is 11.5. The smallest absolute Gasteiger partial charge is 0.133 e. The summed E-state index contributed by atoms with van der Waals surface area (Å²) < 4.78 is 5.12. The lowest BCUT2D eigenvalue weighted by atomic mass is 10.1. The fourth-order valence-corrected chi connectivity index (χ4v) is 2.85. The van der Waals surface area contributed by atoms with E-state index in [2.05, 4.69) is 41.4 Å². The summed E-state index contributed by atoms with van der Waals surface area (Å²) >= 11 is 0. The van der Waals surface area contributed by atoms with Crippen LogP contribution in [0.15, 0.2) is 34.9 Å². The second kappa shape index (κ2) is 4.58. The zero-order chi connectivity index (χ0) is 12.5. The molecule has 0 amide bonds. The summed E-state index contributed by atoms with van der Waals surface area (Å²) in [5.41, 5.74) is 3.98. The molecule has 1 aliphatic carbocycles. The van der Waals surface area contributed by atoms with Crippen LogP contribution in [0.25, 0.3) is 0 Å². The van der Waals surface area contributed by atoms with Gasteiger partial charge in [-0.3, -0.25) is 4.90 Å². The molecule has 0 saturated carbocycles. The fraction of sp³-hybridized carbons (Fsp3) is 0.400. The maximum absolute atomic E-state index is 5.12. The van der Waals surface area contributed by atoms with Crippen molar-refractivity contribution in [1.82, 2.24) is 10.1 Å². The monoisotopic (exact) mass is 242 g/mol. The minimum Gasteiger partial charge on any atom is -0.361 e. The minimum atomic E-state index is 0.512. The van der Waals surface area contributed by atoms with Crippen molar-refractivity contribution >= 4 is 0 Å². The molecular weight excluding hydrogens is 224 g/mol. The van der Waals surface area contributed by atoms with Gasteiger partial charge in [0.1, 0.15) is 5.76 Å². The first-order valence-electron chi connectivity index (χ1n) is 6.44. The SMILES string of the molecule is Cc1cc(CN(C)C2CCc3ccccc32)no1. The van der Waals surface area contributed by atoms with E-state index >= 15 is 0 Å². The summed E-state index contributed by atoms with van der Waals surface area (Å²) in [6.07, 6.45) is 2.38. The van der Waals surface area contributed by atoms with E-state index in [1.54, 1.807) is 0 Å². The highest BCUT2D eigenvalue weighted by molar-refractivity contribution is 5.34. The van der Waals surface area contributed by atoms with Gasteiger partial charge in [-0.15, -0.1) is 0 Å². The zero-order valence-electron chi connectivity index (χ0n) is 10.9. The molecule has 94 valence electrons. The number of benzene rings is 1. The lowest BCUT2D eigenvalue weighted by molar-refractivity contribution is 0.228. The third kappa shape index (κ3) is 2.06. The zero-order valence-corrected chi connectivity index (χ0v) is 10.9. The molecule has 1 heterocycles. The molecule has 0 fully saturated rings. The molecule has 3 rings (SSSR count). The van der Waals surface area contributed by atoms with Gasteiger partial charge in [0, 0.05) is 18.7 Å². The molecule has 0 saturated heterocycles. The van der Waals surface area contributed by atoms with E-state index in [1.807, 2.05) is 13.0 Å². The Hall–Kier alpha value is -1.61. The molecule has 3 heteroatoms. The van der Waals surface area contributed by atoms with Crippen molar-refractivity contribution in [3.8, 4) is 0 Å². The molecule has 1 unspecified atom stereocenters. The standard InChI is InChI=1S/C15H18N2O/c1-11-9-13(16-18-11)10-17(2)15-8-7-12-5-3-4-6-14(12)15/h3-6,9,15H,7-8,10H2,1-2H3. The second-order valence-electron chi connectivity index (χ2n) is 5.10. The van der Waals surface area contributed by atoms with Gasteiger partial charge in [-0.2, -0.15) is 0 Å². The highest BCUT2D eigenvalue weighted by Crippen LogP contribution is 2.35. The fourth-order valence-electron chi connectivity index (χ4n) is 2.85. The van der Waals surface area contributed by atoms with Crippen LogP contribution in [0.3, 0.4) is 0 Å². The summed E-state index contributed by atoms with van der Waals surface area (Å²) in [5, 5.41) is 4.07. The first-order valence-corrected chi connectivity index (χ1v) is 6.44. The summed E-state index contributed by atoms with van der Waals surface area (Å²) in [5.74, 6) is 0.880. The molecule has 1 aromatic carbocycles. The van der Waals surface area contributed by atoms with Crippen LogP contribution in [0.4, 0.5) is 0 Å². The molecule has 1 aromatic heterocycles. The second-order valence-corrected chi connectivity index (χ2v) is 5.10. The Kier molecular flexibility index (Phi) is 2.92. The van der Waals surface area contributed by atoms with Crippen LogP contribution in [0.1, 0.15) is 35.0 Å². The molecule has 0 N–H and O–H groups in total. The van der Waals surface area contributed by atoms with Crippen LogP contribution in [0.5, 0.6) is 0 Å². The normalized spacial score (nSPS) is 18.3. The Balaban J connectivity index is 1.76. The quantitative estimate of drug-likeness (QED) is 0.828. The Bertz CT molecular complexity index is 547. The summed E-state index contributed by atoms with van der Waals surface area (Å²) in [6.45, 7) is 2.78. The number of fused-ring (bicyclic) bond motifs is 1. The summed E-state index contributed by atoms with van der Waals surface area (Å²) in [6, 6.07) is 11.3. The number of nitrogens with zero attached hydrogens (tertiary/aromatic N) is 2. The van der Waals surface area contributed by atoms with E-state index in [9.17, 15) is 0 Å². The molecule has 1 aliphatic rings. The number of aryl methyl sites for hydroxylation is 2. The molecule has 0 bridgehead atoms. The van der Waals surface area contributed by atoms with Crippen molar-refractivity contribution in [3.05, 3.63) is 52.9 Å². The molecule has 1 atom stereocenters. The first-order chi connectivity index (χ1) is 8.74.